The largest absolute Gasteiger partial charge is 0.221 e. The van der Waals surface area contributed by atoms with E-state index in [1.54, 1.807) is 12.2 Å². The molecule has 0 saturated heterocycles. The molecule has 1 heterocycles. The fraction of sp³-hybridized carbons (Fsp3) is 0.222. The minimum Gasteiger partial charge on any atom is -0.221 e. The van der Waals surface area contributed by atoms with E-state index in [9.17, 15) is 0 Å². The van der Waals surface area contributed by atoms with Crippen LogP contribution in [-0.4, -0.2) is 15.0 Å². The van der Waals surface area contributed by atoms with Gasteiger partial charge >= 0.3 is 0 Å². The first-order chi connectivity index (χ1) is 5.86. The highest BCUT2D eigenvalue weighted by Gasteiger charge is 1.95. The second kappa shape index (κ2) is 4.38. The van der Waals surface area contributed by atoms with Crippen molar-refractivity contribution in [2.24, 2.45) is 0 Å². The molecule has 0 atom stereocenters. The van der Waals surface area contributed by atoms with Gasteiger partial charge in [-0.05, 0) is 0 Å². The highest BCUT2D eigenvalue weighted by Crippen LogP contribution is 1.94. The number of hydrogen-bond acceptors (Lipinski definition) is 3. The molecule has 0 aliphatic heterocycles. The van der Waals surface area contributed by atoms with Gasteiger partial charge in [-0.15, -0.1) is 13.2 Å². The molecule has 1 aromatic heterocycles. The summed E-state index contributed by atoms with van der Waals surface area (Å²) < 4.78 is 0. The summed E-state index contributed by atoms with van der Waals surface area (Å²) in [5.41, 5.74) is 0. The van der Waals surface area contributed by atoms with Crippen LogP contribution in [0, 0.1) is 0 Å². The molecule has 1 rings (SSSR count). The molecule has 12 heavy (non-hydrogen) atoms. The molecule has 0 aliphatic carbocycles. The lowest BCUT2D eigenvalue weighted by atomic mass is 10.3. The van der Waals surface area contributed by atoms with Crippen molar-refractivity contribution in [3.05, 3.63) is 43.3 Å². The molecule has 3 heteroatoms. The minimum absolute atomic E-state index is 0.687. The number of hydrogen-bond donors (Lipinski definition) is 0. The van der Waals surface area contributed by atoms with E-state index < -0.39 is 0 Å². The Bertz CT molecular complexity index is 256. The van der Waals surface area contributed by atoms with Gasteiger partial charge in [-0.2, -0.15) is 0 Å². The SMILES string of the molecule is C=CCc1ncnc(CC=C)n1. The zero-order chi connectivity index (χ0) is 8.81. The summed E-state index contributed by atoms with van der Waals surface area (Å²) in [5, 5.41) is 0. The summed E-state index contributed by atoms with van der Waals surface area (Å²) in [6, 6.07) is 0. The van der Waals surface area contributed by atoms with Crippen molar-refractivity contribution in [1.29, 1.82) is 0 Å². The standard InChI is InChI=1S/C9H11N3/c1-3-5-8-10-7-11-9(12-8)6-4-2/h3-4,7H,1-2,5-6H2. The molecule has 0 unspecified atom stereocenters. The summed E-state index contributed by atoms with van der Waals surface area (Å²) in [6.07, 6.45) is 6.43. The van der Waals surface area contributed by atoms with Gasteiger partial charge in [0.2, 0.25) is 0 Å². The molecule has 0 spiro atoms. The van der Waals surface area contributed by atoms with E-state index in [4.69, 9.17) is 0 Å². The molecule has 62 valence electrons. The van der Waals surface area contributed by atoms with Crippen LogP contribution in [0.3, 0.4) is 0 Å². The van der Waals surface area contributed by atoms with Crippen molar-refractivity contribution in [3.8, 4) is 0 Å². The average molecular weight is 161 g/mol. The Balaban J connectivity index is 2.79. The van der Waals surface area contributed by atoms with Crippen molar-refractivity contribution < 1.29 is 0 Å². The summed E-state index contributed by atoms with van der Waals surface area (Å²) in [5.74, 6) is 1.52. The quantitative estimate of drug-likeness (QED) is 0.625. The number of rotatable bonds is 4. The van der Waals surface area contributed by atoms with E-state index in [1.165, 1.54) is 6.33 Å². The third kappa shape index (κ3) is 2.27. The third-order valence-corrected chi connectivity index (χ3v) is 1.33. The lowest BCUT2D eigenvalue weighted by molar-refractivity contribution is 0.864. The van der Waals surface area contributed by atoms with Crippen LogP contribution in [0.15, 0.2) is 31.6 Å². The molecule has 0 fully saturated rings. The molecule has 0 aliphatic rings. The van der Waals surface area contributed by atoms with E-state index in [0.29, 0.717) is 12.8 Å². The lowest BCUT2D eigenvalue weighted by Crippen LogP contribution is -2.00. The fourth-order valence-electron chi connectivity index (χ4n) is 0.824. The number of aromatic nitrogens is 3. The molecule has 3 nitrogen and oxygen atoms in total. The van der Waals surface area contributed by atoms with Crippen LogP contribution >= 0.6 is 0 Å². The number of nitrogens with zero attached hydrogens (tertiary/aromatic N) is 3. The molecule has 0 bridgehead atoms. The van der Waals surface area contributed by atoms with Gasteiger partial charge in [-0.1, -0.05) is 12.2 Å². The van der Waals surface area contributed by atoms with Gasteiger partial charge in [-0.25, -0.2) is 15.0 Å². The maximum Gasteiger partial charge on any atom is 0.136 e. The minimum atomic E-state index is 0.687. The molecule has 1 aromatic rings. The Morgan fingerprint density at radius 1 is 1.08 bits per heavy atom. The van der Waals surface area contributed by atoms with Crippen molar-refractivity contribution >= 4 is 0 Å². The topological polar surface area (TPSA) is 38.7 Å². The van der Waals surface area contributed by atoms with Crippen LogP contribution in [-0.2, 0) is 12.8 Å². The molecule has 0 N–H and O–H groups in total. The predicted octanol–water partition coefficient (Wildman–Crippen LogP) is 1.33. The van der Waals surface area contributed by atoms with Gasteiger partial charge < -0.3 is 0 Å². The second-order valence-corrected chi connectivity index (χ2v) is 2.30. The summed E-state index contributed by atoms with van der Waals surface area (Å²) in [4.78, 5) is 12.2. The van der Waals surface area contributed by atoms with Gasteiger partial charge in [0.1, 0.15) is 18.0 Å². The van der Waals surface area contributed by atoms with Crippen LogP contribution < -0.4 is 0 Å². The van der Waals surface area contributed by atoms with Crippen LogP contribution in [0.5, 0.6) is 0 Å². The highest BCUT2D eigenvalue weighted by molar-refractivity contribution is 4.97. The maximum atomic E-state index is 4.19. The van der Waals surface area contributed by atoms with Crippen LogP contribution in [0.4, 0.5) is 0 Å². The molecular weight excluding hydrogens is 150 g/mol. The molecule has 0 radical (unpaired) electrons. The van der Waals surface area contributed by atoms with Gasteiger partial charge in [-0.3, -0.25) is 0 Å². The van der Waals surface area contributed by atoms with E-state index in [2.05, 4.69) is 28.1 Å². The van der Waals surface area contributed by atoms with Crippen LogP contribution in [0.2, 0.25) is 0 Å². The van der Waals surface area contributed by atoms with E-state index >= 15 is 0 Å². The van der Waals surface area contributed by atoms with Crippen LogP contribution in [0.25, 0.3) is 0 Å². The van der Waals surface area contributed by atoms with E-state index in [1.807, 2.05) is 0 Å². The van der Waals surface area contributed by atoms with Gasteiger partial charge in [0.25, 0.3) is 0 Å². The molecule has 0 amide bonds. The molecular formula is C9H11N3. The average Bonchev–Trinajstić information content (AvgIpc) is 2.06. The third-order valence-electron chi connectivity index (χ3n) is 1.33. The number of allylic oxidation sites excluding steroid dienone is 2. The first-order valence-corrected chi connectivity index (χ1v) is 3.75. The summed E-state index contributed by atoms with van der Waals surface area (Å²) >= 11 is 0. The fourth-order valence-corrected chi connectivity index (χ4v) is 0.824. The lowest BCUT2D eigenvalue weighted by Gasteiger charge is -1.96. The Labute approximate surface area is 71.9 Å². The smallest absolute Gasteiger partial charge is 0.136 e. The van der Waals surface area contributed by atoms with Crippen molar-refractivity contribution in [2.45, 2.75) is 12.8 Å². The van der Waals surface area contributed by atoms with Gasteiger partial charge in [0.15, 0.2) is 0 Å². The predicted molar refractivity (Wildman–Crippen MR) is 47.6 cm³/mol. The Morgan fingerprint density at radius 3 is 2.00 bits per heavy atom. The van der Waals surface area contributed by atoms with Crippen LogP contribution in [0.1, 0.15) is 11.6 Å². The van der Waals surface area contributed by atoms with Gasteiger partial charge in [0.05, 0.1) is 0 Å². The molecule has 0 aromatic carbocycles. The highest BCUT2D eigenvalue weighted by atomic mass is 15.0. The zero-order valence-electron chi connectivity index (χ0n) is 6.90. The Kier molecular flexibility index (Phi) is 3.14. The zero-order valence-corrected chi connectivity index (χ0v) is 6.90. The van der Waals surface area contributed by atoms with Gasteiger partial charge in [0, 0.05) is 12.8 Å². The Hall–Kier alpha value is -1.51. The summed E-state index contributed by atoms with van der Waals surface area (Å²) in [7, 11) is 0. The normalized spacial score (nSPS) is 9.33. The molecule has 0 saturated carbocycles. The monoisotopic (exact) mass is 161 g/mol. The first-order valence-electron chi connectivity index (χ1n) is 3.75. The second-order valence-electron chi connectivity index (χ2n) is 2.30. The van der Waals surface area contributed by atoms with E-state index in [0.717, 1.165) is 11.6 Å². The summed E-state index contributed by atoms with van der Waals surface area (Å²) in [6.45, 7) is 7.22. The van der Waals surface area contributed by atoms with Crippen molar-refractivity contribution in [2.75, 3.05) is 0 Å². The van der Waals surface area contributed by atoms with Crippen molar-refractivity contribution in [3.63, 3.8) is 0 Å². The van der Waals surface area contributed by atoms with E-state index in [-0.39, 0.29) is 0 Å². The Morgan fingerprint density at radius 2 is 1.58 bits per heavy atom. The maximum absolute atomic E-state index is 4.19. The first kappa shape index (κ1) is 8.59. The van der Waals surface area contributed by atoms with Crippen molar-refractivity contribution in [1.82, 2.24) is 15.0 Å².